The van der Waals surface area contributed by atoms with E-state index in [1.165, 1.54) is 0 Å². The van der Waals surface area contributed by atoms with Gasteiger partial charge in [-0.15, -0.1) is 0 Å². The van der Waals surface area contributed by atoms with Gasteiger partial charge in [-0.1, -0.05) is 22.9 Å². The number of hydrogen-bond acceptors (Lipinski definition) is 2. The van der Waals surface area contributed by atoms with Crippen LogP contribution in [0.3, 0.4) is 0 Å². The Morgan fingerprint density at radius 1 is 1.03 bits per heavy atom. The zero-order chi connectivity index (χ0) is 21.7. The van der Waals surface area contributed by atoms with Crippen LogP contribution in [0.25, 0.3) is 0 Å². The van der Waals surface area contributed by atoms with Gasteiger partial charge < -0.3 is 9.84 Å². The average molecular weight is 495 g/mol. The highest BCUT2D eigenvalue weighted by Crippen LogP contribution is 2.66. The van der Waals surface area contributed by atoms with Gasteiger partial charge in [0.25, 0.3) is 0 Å². The second kappa shape index (κ2) is 8.52. The molecule has 0 saturated heterocycles. The molecule has 4 fully saturated rings. The van der Waals surface area contributed by atoms with Gasteiger partial charge in [0, 0.05) is 11.9 Å². The molecular weight excluding hydrogens is 457 g/mol. The lowest BCUT2D eigenvalue weighted by molar-refractivity contribution is -0.197. The first-order valence-electron chi connectivity index (χ1n) is 12.1. The van der Waals surface area contributed by atoms with Gasteiger partial charge in [0.05, 0.1) is 18.1 Å². The van der Waals surface area contributed by atoms with Crippen molar-refractivity contribution in [2.45, 2.75) is 83.4 Å². The lowest BCUT2D eigenvalue weighted by atomic mass is 9.48. The predicted octanol–water partition coefficient (Wildman–Crippen LogP) is 6.60. The van der Waals surface area contributed by atoms with Crippen molar-refractivity contribution < 1.29 is 23.0 Å². The molecule has 0 aliphatic heterocycles. The van der Waals surface area contributed by atoms with E-state index in [9.17, 15) is 18.3 Å². The minimum atomic E-state index is -4.12. The molecule has 4 rings (SSSR count). The molecule has 174 valence electrons. The fraction of sp³-hybridized carbons (Fsp3) is 1.00. The molecule has 4 aliphatic rings. The van der Waals surface area contributed by atoms with Crippen molar-refractivity contribution in [2.75, 3.05) is 18.5 Å². The third-order valence-electron chi connectivity index (χ3n) is 9.82. The second-order valence-electron chi connectivity index (χ2n) is 11.1. The molecule has 4 saturated carbocycles. The predicted molar refractivity (Wildman–Crippen MR) is 115 cm³/mol. The minimum absolute atomic E-state index is 0.0285. The van der Waals surface area contributed by atoms with Gasteiger partial charge in [-0.05, 0) is 106 Å². The molecule has 0 radical (unpaired) electrons. The van der Waals surface area contributed by atoms with E-state index in [0.717, 1.165) is 57.8 Å². The summed E-state index contributed by atoms with van der Waals surface area (Å²) in [6, 6.07) is 0. The Labute approximate surface area is 187 Å². The van der Waals surface area contributed by atoms with Crippen molar-refractivity contribution in [1.82, 2.24) is 0 Å². The van der Waals surface area contributed by atoms with E-state index in [4.69, 9.17) is 4.74 Å². The normalized spacial score (nSPS) is 47.3. The summed E-state index contributed by atoms with van der Waals surface area (Å²) in [6.45, 7) is 5.22. The van der Waals surface area contributed by atoms with E-state index in [0.29, 0.717) is 42.8 Å². The van der Waals surface area contributed by atoms with Gasteiger partial charge in [-0.3, -0.25) is 0 Å². The smallest absolute Gasteiger partial charge is 0.387 e. The van der Waals surface area contributed by atoms with Crippen LogP contribution in [0.15, 0.2) is 0 Å². The van der Waals surface area contributed by atoms with Crippen LogP contribution >= 0.6 is 15.9 Å². The van der Waals surface area contributed by atoms with Crippen molar-refractivity contribution in [3.05, 3.63) is 0 Å². The maximum atomic E-state index is 13.8. The Bertz CT molecular complexity index is 614. The number of fused-ring (bicyclic) bond motifs is 5. The fourth-order valence-electron chi connectivity index (χ4n) is 8.51. The van der Waals surface area contributed by atoms with Crippen LogP contribution in [0, 0.1) is 46.8 Å². The summed E-state index contributed by atoms with van der Waals surface area (Å²) < 4.78 is 46.8. The third kappa shape index (κ3) is 4.00. The quantitative estimate of drug-likeness (QED) is 0.436. The zero-order valence-electron chi connectivity index (χ0n) is 18.4. The number of halogens is 4. The van der Waals surface area contributed by atoms with Crippen molar-refractivity contribution in [3.63, 3.8) is 0 Å². The molecule has 30 heavy (non-hydrogen) atoms. The molecule has 0 unspecified atom stereocenters. The van der Waals surface area contributed by atoms with Crippen LogP contribution in [0.4, 0.5) is 13.2 Å². The van der Waals surface area contributed by atoms with E-state index in [1.54, 1.807) is 0 Å². The first-order valence-corrected chi connectivity index (χ1v) is 13.2. The van der Waals surface area contributed by atoms with Gasteiger partial charge in [-0.2, -0.15) is 13.2 Å². The van der Waals surface area contributed by atoms with Crippen molar-refractivity contribution in [3.8, 4) is 0 Å². The molecular formula is C24H38BrF3O2. The molecule has 0 spiro atoms. The van der Waals surface area contributed by atoms with E-state index >= 15 is 0 Å². The van der Waals surface area contributed by atoms with Crippen molar-refractivity contribution in [2.24, 2.45) is 46.8 Å². The van der Waals surface area contributed by atoms with Crippen LogP contribution in [0.2, 0.25) is 0 Å². The summed E-state index contributed by atoms with van der Waals surface area (Å²) in [5.41, 5.74) is -0.853. The summed E-state index contributed by atoms with van der Waals surface area (Å²) in [6.07, 6.45) is 4.54. The van der Waals surface area contributed by atoms with Gasteiger partial charge in [0.1, 0.15) is 0 Å². The highest BCUT2D eigenvalue weighted by atomic mass is 79.9. The Kier molecular flexibility index (Phi) is 6.63. The SMILES string of the molecule is CCOC[C@@]1(O)CC[C@H]2[C@H](CC[C@@H]3[C@@H]2CC[C@]2(C)[C@@H]([C@H](CBr)C(F)(F)F)CC[C@@H]32)C1. The average Bonchev–Trinajstić information content (AvgIpc) is 3.02. The minimum Gasteiger partial charge on any atom is -0.387 e. The molecule has 0 aromatic rings. The number of hydrogen-bond donors (Lipinski definition) is 1. The van der Waals surface area contributed by atoms with Crippen LogP contribution in [0.5, 0.6) is 0 Å². The molecule has 0 heterocycles. The summed E-state index contributed by atoms with van der Waals surface area (Å²) in [4.78, 5) is 0. The monoisotopic (exact) mass is 494 g/mol. The van der Waals surface area contributed by atoms with Crippen LogP contribution < -0.4 is 0 Å². The van der Waals surface area contributed by atoms with Gasteiger partial charge in [0.2, 0.25) is 0 Å². The first kappa shape index (κ1) is 23.4. The Morgan fingerprint density at radius 2 is 1.77 bits per heavy atom. The Morgan fingerprint density at radius 3 is 2.43 bits per heavy atom. The number of aliphatic hydroxyl groups is 1. The van der Waals surface area contributed by atoms with Gasteiger partial charge >= 0.3 is 6.18 Å². The summed E-state index contributed by atoms with van der Waals surface area (Å²) in [5, 5.41) is 11.0. The Balaban J connectivity index is 1.48. The highest BCUT2D eigenvalue weighted by molar-refractivity contribution is 9.09. The number of ether oxygens (including phenoxy) is 1. The number of alkyl halides is 4. The molecule has 1 N–H and O–H groups in total. The maximum Gasteiger partial charge on any atom is 0.392 e. The topological polar surface area (TPSA) is 29.5 Å². The molecule has 2 nitrogen and oxygen atoms in total. The van der Waals surface area contributed by atoms with Gasteiger partial charge in [-0.25, -0.2) is 0 Å². The van der Waals surface area contributed by atoms with E-state index in [2.05, 4.69) is 22.9 Å². The lowest BCUT2D eigenvalue weighted by Crippen LogP contribution is -2.52. The molecule has 0 aromatic heterocycles. The standard InChI is InChI=1S/C24H38BrF3O2/c1-3-30-14-23(29)11-9-16-15(12-23)4-5-18-17(16)8-10-22(2)19(18)6-7-20(22)21(13-25)24(26,27)28/h15-21,29H,3-14H2,1-2H3/t15-,16+,17-,18-,19+,20-,21+,22+,23-/m1/s1. The Hall–Kier alpha value is 0.190. The third-order valence-corrected chi connectivity index (χ3v) is 10.5. The van der Waals surface area contributed by atoms with E-state index in [-0.39, 0.29) is 16.7 Å². The van der Waals surface area contributed by atoms with Crippen LogP contribution in [-0.4, -0.2) is 35.4 Å². The van der Waals surface area contributed by atoms with Crippen molar-refractivity contribution in [1.29, 1.82) is 0 Å². The van der Waals surface area contributed by atoms with E-state index in [1.807, 2.05) is 6.92 Å². The molecule has 0 amide bonds. The van der Waals surface area contributed by atoms with E-state index < -0.39 is 17.7 Å². The largest absolute Gasteiger partial charge is 0.392 e. The van der Waals surface area contributed by atoms with Gasteiger partial charge in [0.15, 0.2) is 0 Å². The fourth-order valence-corrected chi connectivity index (χ4v) is 9.33. The molecule has 9 atom stereocenters. The van der Waals surface area contributed by atoms with Crippen LogP contribution in [-0.2, 0) is 4.74 Å². The van der Waals surface area contributed by atoms with Crippen molar-refractivity contribution >= 4 is 15.9 Å². The molecule has 0 aromatic carbocycles. The van der Waals surface area contributed by atoms with Crippen LogP contribution in [0.1, 0.15) is 71.6 Å². The summed E-state index contributed by atoms with van der Waals surface area (Å²) >= 11 is 3.19. The summed E-state index contributed by atoms with van der Waals surface area (Å²) in [5.74, 6) is 1.39. The zero-order valence-corrected chi connectivity index (χ0v) is 20.0. The summed E-state index contributed by atoms with van der Waals surface area (Å²) in [7, 11) is 0. The number of rotatable bonds is 5. The lowest BCUT2D eigenvalue weighted by Gasteiger charge is -2.57. The molecule has 0 bridgehead atoms. The highest BCUT2D eigenvalue weighted by Gasteiger charge is 2.61. The second-order valence-corrected chi connectivity index (χ2v) is 11.7. The maximum absolute atomic E-state index is 13.8. The molecule has 6 heteroatoms. The first-order chi connectivity index (χ1) is 14.1. The molecule has 4 aliphatic carbocycles.